The van der Waals surface area contributed by atoms with E-state index in [0.717, 1.165) is 0 Å². The molecule has 0 unspecified atom stereocenters. The van der Waals surface area contributed by atoms with E-state index in [4.69, 9.17) is 4.74 Å². The molecular weight excluding hydrogens is 277 g/mol. The van der Waals surface area contributed by atoms with Crippen LogP contribution >= 0.6 is 0 Å². The van der Waals surface area contributed by atoms with Crippen molar-refractivity contribution < 1.29 is 23.8 Å². The summed E-state index contributed by atoms with van der Waals surface area (Å²) >= 11 is 0. The van der Waals surface area contributed by atoms with Crippen molar-refractivity contribution in [3.63, 3.8) is 0 Å². The second kappa shape index (κ2) is 6.56. The van der Waals surface area contributed by atoms with Crippen LogP contribution < -0.4 is 5.32 Å². The van der Waals surface area contributed by atoms with Gasteiger partial charge in [-0.1, -0.05) is 19.1 Å². The molecule has 0 spiro atoms. The molecule has 2 N–H and O–H groups in total. The molecule has 1 aromatic carbocycles. The van der Waals surface area contributed by atoms with Crippen molar-refractivity contribution in [3.05, 3.63) is 35.6 Å². The second-order valence-corrected chi connectivity index (χ2v) is 5.80. The smallest absolute Gasteiger partial charge is 0.408 e. The summed E-state index contributed by atoms with van der Waals surface area (Å²) in [6.07, 6.45) is -0.802. The Morgan fingerprint density at radius 3 is 2.19 bits per heavy atom. The average Bonchev–Trinajstić information content (AvgIpc) is 2.33. The van der Waals surface area contributed by atoms with Crippen LogP contribution in [-0.4, -0.2) is 28.8 Å². The van der Waals surface area contributed by atoms with Gasteiger partial charge in [0.25, 0.3) is 0 Å². The molecule has 1 aromatic rings. The van der Waals surface area contributed by atoms with Gasteiger partial charge in [0.2, 0.25) is 0 Å². The third-order valence-electron chi connectivity index (χ3n) is 2.83. The summed E-state index contributed by atoms with van der Waals surface area (Å²) in [5.74, 6) is -2.12. The van der Waals surface area contributed by atoms with Crippen LogP contribution in [0.5, 0.6) is 0 Å². The number of hydrogen-bond acceptors (Lipinski definition) is 3. The first-order valence-corrected chi connectivity index (χ1v) is 6.58. The fourth-order valence-electron chi connectivity index (χ4n) is 1.79. The minimum absolute atomic E-state index is 0.405. The summed E-state index contributed by atoms with van der Waals surface area (Å²) in [6, 6.07) is 4.32. The van der Waals surface area contributed by atoms with E-state index in [1.165, 1.54) is 24.3 Å². The average molecular weight is 297 g/mol. The molecule has 21 heavy (non-hydrogen) atoms. The third kappa shape index (κ3) is 5.41. The number of halogens is 1. The Morgan fingerprint density at radius 1 is 1.24 bits per heavy atom. The van der Waals surface area contributed by atoms with E-state index in [0.29, 0.717) is 5.56 Å². The highest BCUT2D eigenvalue weighted by atomic mass is 19.1. The maximum Gasteiger partial charge on any atom is 0.408 e. The van der Waals surface area contributed by atoms with Crippen LogP contribution in [0.3, 0.4) is 0 Å². The molecule has 1 amide bonds. The molecule has 6 heteroatoms. The van der Waals surface area contributed by atoms with Crippen molar-refractivity contribution in [2.75, 3.05) is 0 Å². The van der Waals surface area contributed by atoms with E-state index in [2.05, 4.69) is 5.32 Å². The SMILES string of the molecule is C[C@@H](c1ccc(F)cc1)[C@H](NC(=O)OC(C)(C)C)C(=O)O. The molecule has 0 aliphatic heterocycles. The molecule has 0 bridgehead atoms. The lowest BCUT2D eigenvalue weighted by atomic mass is 9.93. The van der Waals surface area contributed by atoms with Crippen molar-refractivity contribution in [2.24, 2.45) is 0 Å². The predicted molar refractivity (Wildman–Crippen MR) is 75.6 cm³/mol. The van der Waals surface area contributed by atoms with Crippen LogP contribution in [0, 0.1) is 5.82 Å². The molecule has 5 nitrogen and oxygen atoms in total. The summed E-state index contributed by atoms with van der Waals surface area (Å²) in [5.41, 5.74) is -0.105. The van der Waals surface area contributed by atoms with Crippen LogP contribution in [0.4, 0.5) is 9.18 Å². The fourth-order valence-corrected chi connectivity index (χ4v) is 1.79. The first kappa shape index (κ1) is 16.9. The topological polar surface area (TPSA) is 75.6 Å². The number of carbonyl (C=O) groups is 2. The Morgan fingerprint density at radius 2 is 1.76 bits per heavy atom. The highest BCUT2D eigenvalue weighted by Crippen LogP contribution is 2.20. The van der Waals surface area contributed by atoms with Gasteiger partial charge in [-0.05, 0) is 38.5 Å². The number of carbonyl (C=O) groups excluding carboxylic acids is 1. The predicted octanol–water partition coefficient (Wildman–Crippen LogP) is 2.91. The van der Waals surface area contributed by atoms with Crippen molar-refractivity contribution in [3.8, 4) is 0 Å². The number of rotatable bonds is 4. The molecule has 0 fully saturated rings. The Hall–Kier alpha value is -2.11. The van der Waals surface area contributed by atoms with Crippen LogP contribution in [0.25, 0.3) is 0 Å². The quantitative estimate of drug-likeness (QED) is 0.896. The van der Waals surface area contributed by atoms with Gasteiger partial charge in [-0.25, -0.2) is 14.0 Å². The summed E-state index contributed by atoms with van der Waals surface area (Å²) in [7, 11) is 0. The number of carboxylic acid groups (broad SMARTS) is 1. The Bertz CT molecular complexity index is 507. The van der Waals surface area contributed by atoms with E-state index in [9.17, 15) is 19.1 Å². The lowest BCUT2D eigenvalue weighted by Gasteiger charge is -2.25. The molecule has 0 saturated carbocycles. The van der Waals surface area contributed by atoms with Gasteiger partial charge in [0.1, 0.15) is 17.5 Å². The van der Waals surface area contributed by atoms with Crippen molar-refractivity contribution in [2.45, 2.75) is 45.3 Å². The Labute approximate surface area is 123 Å². The van der Waals surface area contributed by atoms with Gasteiger partial charge < -0.3 is 15.2 Å². The van der Waals surface area contributed by atoms with Crippen LogP contribution in [0.15, 0.2) is 24.3 Å². The van der Waals surface area contributed by atoms with Crippen molar-refractivity contribution >= 4 is 12.1 Å². The molecule has 0 heterocycles. The van der Waals surface area contributed by atoms with Crippen LogP contribution in [0.2, 0.25) is 0 Å². The van der Waals surface area contributed by atoms with Gasteiger partial charge in [0.15, 0.2) is 0 Å². The minimum atomic E-state index is -1.18. The molecule has 116 valence electrons. The number of benzene rings is 1. The highest BCUT2D eigenvalue weighted by molar-refractivity contribution is 5.81. The number of aliphatic carboxylic acids is 1. The zero-order valence-electron chi connectivity index (χ0n) is 12.5. The lowest BCUT2D eigenvalue weighted by Crippen LogP contribution is -2.46. The first-order chi connectivity index (χ1) is 9.60. The highest BCUT2D eigenvalue weighted by Gasteiger charge is 2.29. The molecule has 0 aromatic heterocycles. The summed E-state index contributed by atoms with van der Waals surface area (Å²) < 4.78 is 17.9. The van der Waals surface area contributed by atoms with Gasteiger partial charge in [-0.3, -0.25) is 0 Å². The maximum atomic E-state index is 12.9. The van der Waals surface area contributed by atoms with Gasteiger partial charge in [-0.2, -0.15) is 0 Å². The standard InChI is InChI=1S/C15H20FNO4/c1-9(10-5-7-11(16)8-6-10)12(13(18)19)17-14(20)21-15(2,3)4/h5-9,12H,1-4H3,(H,17,20)(H,18,19)/t9-,12-/m0/s1. The molecule has 2 atom stereocenters. The van der Waals surface area contributed by atoms with Crippen molar-refractivity contribution in [1.82, 2.24) is 5.32 Å². The molecule has 0 aliphatic rings. The van der Waals surface area contributed by atoms with Crippen LogP contribution in [0.1, 0.15) is 39.2 Å². The summed E-state index contributed by atoms with van der Waals surface area (Å²) in [5, 5.41) is 11.6. The number of carboxylic acids is 1. The minimum Gasteiger partial charge on any atom is -0.480 e. The van der Waals surface area contributed by atoms with E-state index in [1.807, 2.05) is 0 Å². The first-order valence-electron chi connectivity index (χ1n) is 6.58. The van der Waals surface area contributed by atoms with E-state index >= 15 is 0 Å². The number of alkyl carbamates (subject to hydrolysis) is 1. The molecule has 0 radical (unpaired) electrons. The lowest BCUT2D eigenvalue weighted by molar-refractivity contribution is -0.140. The molecule has 0 aliphatic carbocycles. The van der Waals surface area contributed by atoms with E-state index in [1.54, 1.807) is 27.7 Å². The number of amides is 1. The summed E-state index contributed by atoms with van der Waals surface area (Å²) in [4.78, 5) is 23.0. The van der Waals surface area contributed by atoms with Gasteiger partial charge in [0, 0.05) is 5.92 Å². The number of hydrogen-bond donors (Lipinski definition) is 2. The molecule has 1 rings (SSSR count). The molecular formula is C15H20FNO4. The Balaban J connectivity index is 2.84. The third-order valence-corrected chi connectivity index (χ3v) is 2.83. The normalized spacial score (nSPS) is 14.1. The number of nitrogens with one attached hydrogen (secondary N) is 1. The van der Waals surface area contributed by atoms with Gasteiger partial charge >= 0.3 is 12.1 Å². The zero-order chi connectivity index (χ0) is 16.2. The summed E-state index contributed by atoms with van der Waals surface area (Å²) in [6.45, 7) is 6.70. The van der Waals surface area contributed by atoms with Crippen LogP contribution in [-0.2, 0) is 9.53 Å². The van der Waals surface area contributed by atoms with Gasteiger partial charge in [0.05, 0.1) is 0 Å². The van der Waals surface area contributed by atoms with Crippen molar-refractivity contribution in [1.29, 1.82) is 0 Å². The van der Waals surface area contributed by atoms with Gasteiger partial charge in [-0.15, -0.1) is 0 Å². The zero-order valence-corrected chi connectivity index (χ0v) is 12.5. The number of ether oxygens (including phenoxy) is 1. The Kier molecular flexibility index (Phi) is 5.29. The fraction of sp³-hybridized carbons (Fsp3) is 0.467. The van der Waals surface area contributed by atoms with E-state index < -0.39 is 35.4 Å². The molecule has 0 saturated heterocycles. The largest absolute Gasteiger partial charge is 0.480 e. The monoisotopic (exact) mass is 297 g/mol. The maximum absolute atomic E-state index is 12.9. The second-order valence-electron chi connectivity index (χ2n) is 5.80. The van der Waals surface area contributed by atoms with E-state index in [-0.39, 0.29) is 0 Å².